The summed E-state index contributed by atoms with van der Waals surface area (Å²) in [6, 6.07) is 5.78. The van der Waals surface area contributed by atoms with Crippen LogP contribution in [0.2, 0.25) is 0 Å². The van der Waals surface area contributed by atoms with E-state index in [0.29, 0.717) is 24.6 Å². The van der Waals surface area contributed by atoms with Gasteiger partial charge in [-0.2, -0.15) is 0 Å². The molecule has 2 rings (SSSR count). The molecule has 0 bridgehead atoms. The minimum absolute atomic E-state index is 0.00442. The summed E-state index contributed by atoms with van der Waals surface area (Å²) < 4.78 is 14.4. The van der Waals surface area contributed by atoms with Gasteiger partial charge in [-0.1, -0.05) is 6.07 Å². The van der Waals surface area contributed by atoms with Crippen LogP contribution in [0.5, 0.6) is 11.5 Å². The first kappa shape index (κ1) is 16.9. The van der Waals surface area contributed by atoms with Crippen molar-refractivity contribution in [2.24, 2.45) is 7.05 Å². The maximum atomic E-state index is 12.0. The predicted octanol–water partition coefficient (Wildman–Crippen LogP) is 0.997. The van der Waals surface area contributed by atoms with Gasteiger partial charge >= 0.3 is 0 Å². The molecule has 0 radical (unpaired) electrons. The van der Waals surface area contributed by atoms with E-state index in [9.17, 15) is 4.79 Å². The number of aryl methyl sites for hydroxylation is 1. The highest BCUT2D eigenvalue weighted by Gasteiger charge is 2.12. The highest BCUT2D eigenvalue weighted by Crippen LogP contribution is 2.27. The van der Waals surface area contributed by atoms with Crippen molar-refractivity contribution < 1.29 is 18.8 Å². The van der Waals surface area contributed by atoms with Crippen molar-refractivity contribution in [2.75, 3.05) is 20.8 Å². The molecule has 0 fully saturated rings. The number of imidazole rings is 1. The first-order chi connectivity index (χ1) is 11.0. The predicted molar refractivity (Wildman–Crippen MR) is 86.6 cm³/mol. The van der Waals surface area contributed by atoms with Crippen molar-refractivity contribution in [3.63, 3.8) is 0 Å². The van der Waals surface area contributed by atoms with Crippen molar-refractivity contribution in [3.05, 3.63) is 42.0 Å². The summed E-state index contributed by atoms with van der Waals surface area (Å²) in [5.41, 5.74) is 1.09. The zero-order chi connectivity index (χ0) is 16.8. The molecule has 124 valence electrons. The Bertz CT molecular complexity index is 680. The monoisotopic (exact) mass is 318 g/mol. The molecule has 6 heteroatoms. The summed E-state index contributed by atoms with van der Waals surface area (Å²) in [6.45, 7) is 2.90. The van der Waals surface area contributed by atoms with E-state index in [0.717, 1.165) is 17.8 Å². The largest absolute Gasteiger partial charge is 0.493 e. The van der Waals surface area contributed by atoms with Gasteiger partial charge < -0.3 is 14.8 Å². The van der Waals surface area contributed by atoms with Crippen LogP contribution >= 0.6 is 0 Å². The SMILES string of the molecule is COc1ccc(CCNC(=O)Cn2cc[n+](C)c2C)cc1OC. The summed E-state index contributed by atoms with van der Waals surface area (Å²) in [4.78, 5) is 12.0. The number of aromatic nitrogens is 2. The van der Waals surface area contributed by atoms with Crippen LogP contribution in [0.3, 0.4) is 0 Å². The van der Waals surface area contributed by atoms with Crippen molar-refractivity contribution in [3.8, 4) is 11.5 Å². The molecule has 1 heterocycles. The summed E-state index contributed by atoms with van der Waals surface area (Å²) in [6.07, 6.45) is 4.58. The fourth-order valence-electron chi connectivity index (χ4n) is 2.36. The van der Waals surface area contributed by atoms with Crippen molar-refractivity contribution in [1.29, 1.82) is 0 Å². The van der Waals surface area contributed by atoms with Gasteiger partial charge in [0.1, 0.15) is 12.4 Å². The van der Waals surface area contributed by atoms with E-state index < -0.39 is 0 Å². The second-order valence-electron chi connectivity index (χ2n) is 5.37. The number of rotatable bonds is 7. The van der Waals surface area contributed by atoms with Gasteiger partial charge in [-0.25, -0.2) is 9.13 Å². The Labute approximate surface area is 136 Å². The zero-order valence-corrected chi connectivity index (χ0v) is 14.1. The van der Waals surface area contributed by atoms with E-state index in [1.165, 1.54) is 0 Å². The molecule has 0 saturated carbocycles. The van der Waals surface area contributed by atoms with Gasteiger partial charge in [-0.15, -0.1) is 0 Å². The lowest BCUT2D eigenvalue weighted by molar-refractivity contribution is -0.677. The Morgan fingerprint density at radius 1 is 1.26 bits per heavy atom. The van der Waals surface area contributed by atoms with Crippen LogP contribution < -0.4 is 19.4 Å². The number of methoxy groups -OCH3 is 2. The summed E-state index contributed by atoms with van der Waals surface area (Å²) >= 11 is 0. The third-order valence-electron chi connectivity index (χ3n) is 3.89. The van der Waals surface area contributed by atoms with Crippen molar-refractivity contribution >= 4 is 5.91 Å². The minimum atomic E-state index is 0.00442. The Hall–Kier alpha value is -2.50. The first-order valence-electron chi connectivity index (χ1n) is 7.54. The number of carbonyl (C=O) groups excluding carboxylic acids is 1. The van der Waals surface area contributed by atoms with Crippen LogP contribution in [0.25, 0.3) is 0 Å². The van der Waals surface area contributed by atoms with E-state index in [2.05, 4.69) is 5.32 Å². The average molecular weight is 318 g/mol. The van der Waals surface area contributed by atoms with Gasteiger partial charge in [-0.3, -0.25) is 4.79 Å². The lowest BCUT2D eigenvalue weighted by Gasteiger charge is -2.10. The molecular weight excluding hydrogens is 294 g/mol. The lowest BCUT2D eigenvalue weighted by Crippen LogP contribution is -2.33. The average Bonchev–Trinajstić information content (AvgIpc) is 2.86. The van der Waals surface area contributed by atoms with Gasteiger partial charge in [0.05, 0.1) is 21.3 Å². The van der Waals surface area contributed by atoms with Crippen molar-refractivity contribution in [1.82, 2.24) is 9.88 Å². The third-order valence-corrected chi connectivity index (χ3v) is 3.89. The minimum Gasteiger partial charge on any atom is -0.493 e. The molecule has 0 unspecified atom stereocenters. The van der Waals surface area contributed by atoms with E-state index >= 15 is 0 Å². The molecular formula is C17H24N3O3+. The molecule has 1 amide bonds. The number of hydrogen-bond acceptors (Lipinski definition) is 3. The summed E-state index contributed by atoms with van der Waals surface area (Å²) in [7, 11) is 5.19. The van der Waals surface area contributed by atoms with Crippen LogP contribution in [-0.4, -0.2) is 31.2 Å². The second kappa shape index (κ2) is 7.67. The first-order valence-corrected chi connectivity index (χ1v) is 7.54. The molecule has 1 aromatic carbocycles. The molecule has 6 nitrogen and oxygen atoms in total. The number of nitrogens with zero attached hydrogens (tertiary/aromatic N) is 2. The molecule has 0 aliphatic rings. The van der Waals surface area contributed by atoms with Crippen LogP contribution in [0.4, 0.5) is 0 Å². The van der Waals surface area contributed by atoms with Crippen LogP contribution in [0.1, 0.15) is 11.4 Å². The van der Waals surface area contributed by atoms with E-state index in [1.54, 1.807) is 14.2 Å². The summed E-state index contributed by atoms with van der Waals surface area (Å²) in [5, 5.41) is 2.94. The van der Waals surface area contributed by atoms with Gasteiger partial charge in [0.25, 0.3) is 11.7 Å². The smallest absolute Gasteiger partial charge is 0.262 e. The fraction of sp³-hybridized carbons (Fsp3) is 0.412. The second-order valence-corrected chi connectivity index (χ2v) is 5.37. The Morgan fingerprint density at radius 2 is 2.00 bits per heavy atom. The van der Waals surface area contributed by atoms with Gasteiger partial charge in [-0.05, 0) is 24.1 Å². The number of ether oxygens (including phenoxy) is 2. The number of benzene rings is 1. The van der Waals surface area contributed by atoms with Gasteiger partial charge in [0.15, 0.2) is 18.0 Å². The van der Waals surface area contributed by atoms with E-state index in [1.807, 2.05) is 53.7 Å². The zero-order valence-electron chi connectivity index (χ0n) is 14.1. The molecule has 0 spiro atoms. The molecule has 0 saturated heterocycles. The molecule has 1 aromatic heterocycles. The quantitative estimate of drug-likeness (QED) is 0.775. The highest BCUT2D eigenvalue weighted by atomic mass is 16.5. The number of carbonyl (C=O) groups is 1. The lowest BCUT2D eigenvalue weighted by atomic mass is 10.1. The molecule has 1 N–H and O–H groups in total. The highest BCUT2D eigenvalue weighted by molar-refractivity contribution is 5.75. The van der Waals surface area contributed by atoms with Crippen LogP contribution in [0, 0.1) is 6.92 Å². The Morgan fingerprint density at radius 3 is 2.61 bits per heavy atom. The molecule has 2 aromatic rings. The topological polar surface area (TPSA) is 56.4 Å². The summed E-state index contributed by atoms with van der Waals surface area (Å²) in [5.74, 6) is 2.45. The van der Waals surface area contributed by atoms with Gasteiger partial charge in [0, 0.05) is 13.5 Å². The van der Waals surface area contributed by atoms with E-state index in [-0.39, 0.29) is 5.91 Å². The normalized spacial score (nSPS) is 10.4. The maximum Gasteiger partial charge on any atom is 0.262 e. The standard InChI is InChI=1S/C17H23N3O3/c1-13-19(2)9-10-20(13)12-17(21)18-8-7-14-5-6-15(22-3)16(11-14)23-4/h5-6,9-11H,7-8,12H2,1-4H3/p+1. The Kier molecular flexibility index (Phi) is 5.62. The molecule has 0 aliphatic carbocycles. The molecule has 23 heavy (non-hydrogen) atoms. The van der Waals surface area contributed by atoms with E-state index in [4.69, 9.17) is 9.47 Å². The third kappa shape index (κ3) is 4.25. The Balaban J connectivity index is 1.85. The fourth-order valence-corrected chi connectivity index (χ4v) is 2.36. The van der Waals surface area contributed by atoms with Gasteiger partial charge in [0.2, 0.25) is 0 Å². The number of amides is 1. The van der Waals surface area contributed by atoms with Crippen molar-refractivity contribution in [2.45, 2.75) is 19.9 Å². The van der Waals surface area contributed by atoms with Crippen LogP contribution in [0.15, 0.2) is 30.6 Å². The number of hydrogen-bond donors (Lipinski definition) is 1. The maximum absolute atomic E-state index is 12.0. The molecule has 0 aliphatic heterocycles. The number of nitrogens with one attached hydrogen (secondary N) is 1. The van der Waals surface area contributed by atoms with Crippen LogP contribution in [-0.2, 0) is 24.8 Å². The molecule has 0 atom stereocenters.